The van der Waals surface area contributed by atoms with Crippen LogP contribution in [0.1, 0.15) is 11.1 Å². The maximum Gasteiger partial charge on any atom is 0.139 e. The number of anilines is 1. The Hall–Kier alpha value is -2.40. The van der Waals surface area contributed by atoms with Gasteiger partial charge in [0.25, 0.3) is 0 Å². The Labute approximate surface area is 141 Å². The first kappa shape index (κ1) is 14.5. The Balaban J connectivity index is 1.93. The van der Waals surface area contributed by atoms with Crippen LogP contribution in [0.4, 0.5) is 5.69 Å². The van der Waals surface area contributed by atoms with E-state index in [1.807, 2.05) is 17.1 Å². The number of halogens is 1. The van der Waals surface area contributed by atoms with E-state index < -0.39 is 0 Å². The summed E-state index contributed by atoms with van der Waals surface area (Å²) in [6.07, 6.45) is 3.16. The van der Waals surface area contributed by atoms with Gasteiger partial charge in [0, 0.05) is 3.57 Å². The molecule has 0 unspecified atom stereocenters. The number of hydrogen-bond donors (Lipinski definition) is 0. The lowest BCUT2D eigenvalue weighted by Gasteiger charge is -2.24. The lowest BCUT2D eigenvalue weighted by molar-refractivity contribution is 0.610. The highest BCUT2D eigenvalue weighted by atomic mass is 127. The van der Waals surface area contributed by atoms with Crippen molar-refractivity contribution in [3.63, 3.8) is 0 Å². The molecule has 0 fully saturated rings. The fourth-order valence-electron chi connectivity index (χ4n) is 2.08. The highest BCUT2D eigenvalue weighted by Crippen LogP contribution is 2.19. The summed E-state index contributed by atoms with van der Waals surface area (Å²) in [7, 11) is 0. The van der Waals surface area contributed by atoms with Crippen LogP contribution in [0.25, 0.3) is 0 Å². The Bertz CT molecular complexity index is 773. The van der Waals surface area contributed by atoms with E-state index in [2.05, 4.69) is 63.0 Å². The van der Waals surface area contributed by atoms with E-state index in [1.165, 1.54) is 15.5 Å². The summed E-state index contributed by atoms with van der Waals surface area (Å²) in [5.74, 6) is 0. The van der Waals surface area contributed by atoms with Crippen molar-refractivity contribution in [1.82, 2.24) is 14.9 Å². The van der Waals surface area contributed by atoms with Crippen molar-refractivity contribution in [2.75, 3.05) is 5.01 Å². The SMILES string of the molecule is N#Cc1ccc(N(Cc2ccc(I)cc2)n2cncn2)cc1. The molecule has 0 saturated heterocycles. The number of benzene rings is 2. The molecule has 5 nitrogen and oxygen atoms in total. The third-order valence-corrected chi connectivity index (χ3v) is 3.91. The zero-order chi connectivity index (χ0) is 15.4. The third kappa shape index (κ3) is 3.26. The van der Waals surface area contributed by atoms with Crippen molar-refractivity contribution < 1.29 is 0 Å². The van der Waals surface area contributed by atoms with Gasteiger partial charge in [0.05, 0.1) is 23.9 Å². The van der Waals surface area contributed by atoms with Gasteiger partial charge in [-0.1, -0.05) is 12.1 Å². The van der Waals surface area contributed by atoms with Crippen molar-refractivity contribution >= 4 is 28.3 Å². The zero-order valence-electron chi connectivity index (χ0n) is 11.6. The summed E-state index contributed by atoms with van der Waals surface area (Å²) in [6.45, 7) is 0.659. The molecule has 0 radical (unpaired) electrons. The minimum Gasteiger partial charge on any atom is -0.260 e. The Morgan fingerprint density at radius 1 is 1.09 bits per heavy atom. The number of nitrogens with zero attached hydrogens (tertiary/aromatic N) is 5. The van der Waals surface area contributed by atoms with Gasteiger partial charge in [-0.3, -0.25) is 5.01 Å². The molecule has 0 saturated carbocycles. The molecule has 1 aromatic heterocycles. The second-order valence-electron chi connectivity index (χ2n) is 4.66. The van der Waals surface area contributed by atoms with E-state index in [-0.39, 0.29) is 0 Å². The molecule has 0 spiro atoms. The highest BCUT2D eigenvalue weighted by Gasteiger charge is 2.10. The van der Waals surface area contributed by atoms with E-state index >= 15 is 0 Å². The normalized spacial score (nSPS) is 10.2. The first-order chi connectivity index (χ1) is 10.8. The van der Waals surface area contributed by atoms with Crippen LogP contribution in [-0.4, -0.2) is 14.9 Å². The molecule has 3 rings (SSSR count). The summed E-state index contributed by atoms with van der Waals surface area (Å²) in [6, 6.07) is 17.9. The van der Waals surface area contributed by atoms with Gasteiger partial charge >= 0.3 is 0 Å². The van der Waals surface area contributed by atoms with Gasteiger partial charge in [0.1, 0.15) is 12.7 Å². The van der Waals surface area contributed by atoms with Crippen LogP contribution < -0.4 is 5.01 Å². The third-order valence-electron chi connectivity index (χ3n) is 3.19. The first-order valence-electron chi connectivity index (χ1n) is 6.63. The van der Waals surface area contributed by atoms with Gasteiger partial charge in [-0.15, -0.1) is 5.10 Å². The molecule has 1 heterocycles. The van der Waals surface area contributed by atoms with E-state index in [0.717, 1.165) is 5.69 Å². The average Bonchev–Trinajstić information content (AvgIpc) is 3.09. The number of nitriles is 1. The first-order valence-corrected chi connectivity index (χ1v) is 7.71. The van der Waals surface area contributed by atoms with Crippen LogP contribution in [0.5, 0.6) is 0 Å². The van der Waals surface area contributed by atoms with Crippen LogP contribution in [0, 0.1) is 14.9 Å². The van der Waals surface area contributed by atoms with Crippen molar-refractivity contribution in [2.45, 2.75) is 6.54 Å². The maximum absolute atomic E-state index is 8.92. The topological polar surface area (TPSA) is 57.7 Å². The minimum atomic E-state index is 0.636. The molecular weight excluding hydrogens is 389 g/mol. The fourth-order valence-corrected chi connectivity index (χ4v) is 2.44. The van der Waals surface area contributed by atoms with Crippen molar-refractivity contribution in [2.24, 2.45) is 0 Å². The summed E-state index contributed by atoms with van der Waals surface area (Å²) in [5.41, 5.74) is 2.75. The Morgan fingerprint density at radius 3 is 2.41 bits per heavy atom. The van der Waals surface area contributed by atoms with Gasteiger partial charge in [-0.05, 0) is 64.6 Å². The van der Waals surface area contributed by atoms with Gasteiger partial charge < -0.3 is 0 Å². The molecule has 108 valence electrons. The number of rotatable bonds is 4. The molecule has 0 atom stereocenters. The zero-order valence-corrected chi connectivity index (χ0v) is 13.8. The van der Waals surface area contributed by atoms with Crippen LogP contribution in [0.3, 0.4) is 0 Å². The summed E-state index contributed by atoms with van der Waals surface area (Å²) >= 11 is 2.29. The van der Waals surface area contributed by atoms with Crippen LogP contribution in [0.15, 0.2) is 61.2 Å². The van der Waals surface area contributed by atoms with Crippen LogP contribution in [-0.2, 0) is 6.54 Å². The molecule has 0 N–H and O–H groups in total. The van der Waals surface area contributed by atoms with Gasteiger partial charge in [0.2, 0.25) is 0 Å². The fraction of sp³-hybridized carbons (Fsp3) is 0.0625. The van der Waals surface area contributed by atoms with Crippen molar-refractivity contribution in [1.29, 1.82) is 5.26 Å². The lowest BCUT2D eigenvalue weighted by Crippen LogP contribution is -2.29. The highest BCUT2D eigenvalue weighted by molar-refractivity contribution is 14.1. The van der Waals surface area contributed by atoms with Crippen molar-refractivity contribution in [3.8, 4) is 6.07 Å². The Morgan fingerprint density at radius 2 is 1.82 bits per heavy atom. The molecule has 6 heteroatoms. The van der Waals surface area contributed by atoms with Crippen LogP contribution >= 0.6 is 22.6 Å². The minimum absolute atomic E-state index is 0.636. The van der Waals surface area contributed by atoms with E-state index in [4.69, 9.17) is 5.26 Å². The molecule has 22 heavy (non-hydrogen) atoms. The molecule has 3 aromatic rings. The molecular formula is C16H12IN5. The predicted octanol–water partition coefficient (Wildman–Crippen LogP) is 3.22. The molecule has 0 bridgehead atoms. The largest absolute Gasteiger partial charge is 0.260 e. The van der Waals surface area contributed by atoms with Gasteiger partial charge in [-0.25, -0.2) is 4.98 Å². The van der Waals surface area contributed by atoms with Gasteiger partial charge in [-0.2, -0.15) is 10.1 Å². The van der Waals surface area contributed by atoms with Crippen LogP contribution in [0.2, 0.25) is 0 Å². The second-order valence-corrected chi connectivity index (χ2v) is 5.90. The molecule has 0 aliphatic heterocycles. The number of aromatic nitrogens is 3. The van der Waals surface area contributed by atoms with E-state index in [9.17, 15) is 0 Å². The Kier molecular flexibility index (Phi) is 4.34. The lowest BCUT2D eigenvalue weighted by atomic mass is 10.2. The average molecular weight is 401 g/mol. The smallest absolute Gasteiger partial charge is 0.139 e. The molecule has 0 amide bonds. The monoisotopic (exact) mass is 401 g/mol. The predicted molar refractivity (Wildman–Crippen MR) is 91.9 cm³/mol. The molecule has 0 aliphatic rings. The summed E-state index contributed by atoms with van der Waals surface area (Å²) < 4.78 is 1.20. The standard InChI is InChI=1S/C16H12IN5/c17-15-5-1-14(2-6-15)10-21(22-12-19-11-20-22)16-7-3-13(9-18)4-8-16/h1-8,11-12H,10H2. The second kappa shape index (κ2) is 6.58. The summed E-state index contributed by atoms with van der Waals surface area (Å²) in [5, 5.41) is 15.1. The molecule has 0 aliphatic carbocycles. The van der Waals surface area contributed by atoms with E-state index in [0.29, 0.717) is 12.1 Å². The maximum atomic E-state index is 8.92. The van der Waals surface area contributed by atoms with Crippen molar-refractivity contribution in [3.05, 3.63) is 75.9 Å². The quantitative estimate of drug-likeness (QED) is 0.630. The number of hydrogen-bond acceptors (Lipinski definition) is 4. The summed E-state index contributed by atoms with van der Waals surface area (Å²) in [4.78, 5) is 5.71. The molecule has 2 aromatic carbocycles. The van der Waals surface area contributed by atoms with E-state index in [1.54, 1.807) is 23.3 Å². The van der Waals surface area contributed by atoms with Gasteiger partial charge in [0.15, 0.2) is 0 Å².